The molecule has 1 aliphatic rings. The molecule has 0 unspecified atom stereocenters. The van der Waals surface area contributed by atoms with Crippen LogP contribution in [0.5, 0.6) is 0 Å². The number of hydrogen-bond acceptors (Lipinski definition) is 3. The summed E-state index contributed by atoms with van der Waals surface area (Å²) in [7, 11) is 0. The Kier molecular flexibility index (Phi) is 4.43. The Hall–Kier alpha value is -1.03. The summed E-state index contributed by atoms with van der Waals surface area (Å²) < 4.78 is 6.45. The highest BCUT2D eigenvalue weighted by atomic mass is 79.9. The van der Waals surface area contributed by atoms with Crippen LogP contribution in [0.4, 0.5) is 5.69 Å². The molecule has 0 saturated heterocycles. The molecular formula is C16H22BrNO2. The van der Waals surface area contributed by atoms with Crippen LogP contribution in [-0.4, -0.2) is 12.1 Å². The number of anilines is 1. The maximum absolute atomic E-state index is 12.3. The number of benzene rings is 1. The number of carbonyl (C=O) groups excluding carboxylic acids is 1. The zero-order valence-corrected chi connectivity index (χ0v) is 13.9. The summed E-state index contributed by atoms with van der Waals surface area (Å²) in [5, 5.41) is 0. The van der Waals surface area contributed by atoms with Gasteiger partial charge < -0.3 is 10.5 Å². The molecular weight excluding hydrogens is 318 g/mol. The van der Waals surface area contributed by atoms with Crippen molar-refractivity contribution in [3.05, 3.63) is 27.7 Å². The normalized spacial score (nSPS) is 18.8. The zero-order chi connectivity index (χ0) is 14.9. The first-order valence-electron chi connectivity index (χ1n) is 7.05. The molecule has 1 aliphatic carbocycles. The van der Waals surface area contributed by atoms with E-state index in [0.717, 1.165) is 35.7 Å². The van der Waals surface area contributed by atoms with Crippen molar-refractivity contribution in [1.82, 2.24) is 0 Å². The van der Waals surface area contributed by atoms with Crippen molar-refractivity contribution in [3.63, 3.8) is 0 Å². The first-order valence-corrected chi connectivity index (χ1v) is 7.84. The molecule has 1 fully saturated rings. The number of rotatable bonds is 2. The second kappa shape index (κ2) is 5.76. The van der Waals surface area contributed by atoms with E-state index in [1.807, 2.05) is 6.92 Å². The second-order valence-corrected chi connectivity index (χ2v) is 7.35. The average Bonchev–Trinajstić information content (AvgIpc) is 2.36. The summed E-state index contributed by atoms with van der Waals surface area (Å²) in [4.78, 5) is 12.3. The Morgan fingerprint density at radius 3 is 2.55 bits per heavy atom. The van der Waals surface area contributed by atoms with E-state index in [4.69, 9.17) is 10.5 Å². The number of ether oxygens (including phenoxy) is 1. The van der Waals surface area contributed by atoms with Gasteiger partial charge in [-0.1, -0.05) is 29.8 Å². The molecule has 110 valence electrons. The fourth-order valence-corrected chi connectivity index (χ4v) is 3.09. The molecule has 0 aliphatic heterocycles. The van der Waals surface area contributed by atoms with Crippen LogP contribution >= 0.6 is 15.9 Å². The lowest BCUT2D eigenvalue weighted by atomic mass is 9.76. The highest BCUT2D eigenvalue weighted by molar-refractivity contribution is 9.10. The van der Waals surface area contributed by atoms with Gasteiger partial charge in [-0.15, -0.1) is 0 Å². The van der Waals surface area contributed by atoms with Gasteiger partial charge in [0.1, 0.15) is 6.10 Å². The smallest absolute Gasteiger partial charge is 0.338 e. The summed E-state index contributed by atoms with van der Waals surface area (Å²) in [6.07, 6.45) is 4.13. The van der Waals surface area contributed by atoms with Crippen LogP contribution in [0, 0.1) is 12.3 Å². The van der Waals surface area contributed by atoms with E-state index in [1.165, 1.54) is 0 Å². The Balaban J connectivity index is 2.06. The SMILES string of the molecule is Cc1c(N)cc(Br)cc1C(=O)OC1CCC(C)(C)CC1. The first kappa shape index (κ1) is 15.4. The summed E-state index contributed by atoms with van der Waals surface area (Å²) in [5.74, 6) is -0.264. The highest BCUT2D eigenvalue weighted by Crippen LogP contribution is 2.36. The molecule has 0 aromatic heterocycles. The third-order valence-corrected chi connectivity index (χ3v) is 4.65. The molecule has 0 bridgehead atoms. The zero-order valence-electron chi connectivity index (χ0n) is 12.3. The van der Waals surface area contributed by atoms with Gasteiger partial charge in [-0.05, 0) is 55.7 Å². The lowest BCUT2D eigenvalue weighted by Gasteiger charge is -2.33. The van der Waals surface area contributed by atoms with Gasteiger partial charge >= 0.3 is 5.97 Å². The van der Waals surface area contributed by atoms with Crippen molar-refractivity contribution < 1.29 is 9.53 Å². The van der Waals surface area contributed by atoms with Crippen molar-refractivity contribution in [2.45, 2.75) is 52.6 Å². The summed E-state index contributed by atoms with van der Waals surface area (Å²) in [5.41, 5.74) is 8.22. The van der Waals surface area contributed by atoms with Gasteiger partial charge in [0.15, 0.2) is 0 Å². The number of halogens is 1. The molecule has 0 radical (unpaired) electrons. The van der Waals surface area contributed by atoms with Gasteiger partial charge in [-0.2, -0.15) is 0 Å². The van der Waals surface area contributed by atoms with E-state index in [-0.39, 0.29) is 12.1 Å². The predicted molar refractivity (Wildman–Crippen MR) is 84.7 cm³/mol. The van der Waals surface area contributed by atoms with E-state index >= 15 is 0 Å². The predicted octanol–water partition coefficient (Wildman–Crippen LogP) is 4.47. The topological polar surface area (TPSA) is 52.3 Å². The van der Waals surface area contributed by atoms with Gasteiger partial charge in [0.05, 0.1) is 5.56 Å². The van der Waals surface area contributed by atoms with Crippen LogP contribution < -0.4 is 5.73 Å². The van der Waals surface area contributed by atoms with Crippen LogP contribution in [-0.2, 0) is 4.74 Å². The van der Waals surface area contributed by atoms with Gasteiger partial charge in [0.25, 0.3) is 0 Å². The standard InChI is InChI=1S/C16H22BrNO2/c1-10-13(8-11(17)9-14(10)18)15(19)20-12-4-6-16(2,3)7-5-12/h8-9,12H,4-7,18H2,1-3H3. The minimum Gasteiger partial charge on any atom is -0.459 e. The van der Waals surface area contributed by atoms with Crippen LogP contribution in [0.3, 0.4) is 0 Å². The fourth-order valence-electron chi connectivity index (χ4n) is 2.62. The van der Waals surface area contributed by atoms with Gasteiger partial charge in [0.2, 0.25) is 0 Å². The number of nitrogen functional groups attached to an aromatic ring is 1. The molecule has 2 rings (SSSR count). The van der Waals surface area contributed by atoms with Gasteiger partial charge in [0, 0.05) is 10.2 Å². The Morgan fingerprint density at radius 1 is 1.35 bits per heavy atom. The summed E-state index contributed by atoms with van der Waals surface area (Å²) >= 11 is 3.37. The minimum absolute atomic E-state index is 0.0372. The lowest BCUT2D eigenvalue weighted by Crippen LogP contribution is -2.28. The van der Waals surface area contributed by atoms with Gasteiger partial charge in [-0.25, -0.2) is 4.79 Å². The fraction of sp³-hybridized carbons (Fsp3) is 0.562. The third-order valence-electron chi connectivity index (χ3n) is 4.19. The maximum Gasteiger partial charge on any atom is 0.338 e. The van der Waals surface area contributed by atoms with Crippen molar-refractivity contribution >= 4 is 27.6 Å². The molecule has 3 nitrogen and oxygen atoms in total. The third kappa shape index (κ3) is 3.54. The molecule has 0 heterocycles. The molecule has 0 atom stereocenters. The largest absolute Gasteiger partial charge is 0.459 e. The van der Waals surface area contributed by atoms with Crippen molar-refractivity contribution in [3.8, 4) is 0 Å². The number of esters is 1. The molecule has 2 N–H and O–H groups in total. The maximum atomic E-state index is 12.3. The minimum atomic E-state index is -0.264. The van der Waals surface area contributed by atoms with Crippen LogP contribution in [0.2, 0.25) is 0 Å². The monoisotopic (exact) mass is 339 g/mol. The van der Waals surface area contributed by atoms with Crippen molar-refractivity contribution in [2.75, 3.05) is 5.73 Å². The molecule has 1 aromatic rings. The van der Waals surface area contributed by atoms with E-state index in [0.29, 0.717) is 16.7 Å². The first-order chi connectivity index (χ1) is 9.28. The van der Waals surface area contributed by atoms with E-state index in [9.17, 15) is 4.79 Å². The van der Waals surface area contributed by atoms with Crippen molar-refractivity contribution in [2.24, 2.45) is 5.41 Å². The van der Waals surface area contributed by atoms with Crippen molar-refractivity contribution in [1.29, 1.82) is 0 Å². The molecule has 1 saturated carbocycles. The van der Waals surface area contributed by atoms with Crippen LogP contribution in [0.15, 0.2) is 16.6 Å². The Morgan fingerprint density at radius 2 is 1.95 bits per heavy atom. The molecule has 0 spiro atoms. The van der Waals surface area contributed by atoms with Crippen LogP contribution in [0.25, 0.3) is 0 Å². The van der Waals surface area contributed by atoms with Crippen LogP contribution in [0.1, 0.15) is 55.5 Å². The average molecular weight is 340 g/mol. The molecule has 1 aromatic carbocycles. The van der Waals surface area contributed by atoms with Gasteiger partial charge in [-0.3, -0.25) is 0 Å². The summed E-state index contributed by atoms with van der Waals surface area (Å²) in [6.45, 7) is 6.39. The molecule has 4 heteroatoms. The van der Waals surface area contributed by atoms with E-state index < -0.39 is 0 Å². The quantitative estimate of drug-likeness (QED) is 0.639. The summed E-state index contributed by atoms with van der Waals surface area (Å²) in [6, 6.07) is 3.58. The van der Waals surface area contributed by atoms with E-state index in [2.05, 4.69) is 29.8 Å². The number of hydrogen-bond donors (Lipinski definition) is 1. The Bertz CT molecular complexity index is 515. The molecule has 20 heavy (non-hydrogen) atoms. The number of nitrogens with two attached hydrogens (primary N) is 1. The molecule has 0 amide bonds. The number of carbonyl (C=O) groups is 1. The van der Waals surface area contributed by atoms with E-state index in [1.54, 1.807) is 12.1 Å². The second-order valence-electron chi connectivity index (χ2n) is 6.44. The lowest BCUT2D eigenvalue weighted by molar-refractivity contribution is 0.00944. The highest BCUT2D eigenvalue weighted by Gasteiger charge is 2.29. The Labute approximate surface area is 129 Å².